The number of esters is 1. The van der Waals surface area contributed by atoms with E-state index in [2.05, 4.69) is 20.1 Å². The van der Waals surface area contributed by atoms with Crippen molar-refractivity contribution in [3.8, 4) is 0 Å². The van der Waals surface area contributed by atoms with Crippen LogP contribution in [0.15, 0.2) is 4.99 Å². The Kier molecular flexibility index (Phi) is 7.65. The van der Waals surface area contributed by atoms with Crippen molar-refractivity contribution >= 4 is 11.9 Å². The third kappa shape index (κ3) is 5.68. The first-order chi connectivity index (χ1) is 11.2. The Morgan fingerprint density at radius 3 is 2.35 bits per heavy atom. The van der Waals surface area contributed by atoms with Crippen LogP contribution in [-0.4, -0.2) is 75.2 Å². The smallest absolute Gasteiger partial charge is 0.308 e. The molecule has 0 spiro atoms. The van der Waals surface area contributed by atoms with Gasteiger partial charge in [0.25, 0.3) is 0 Å². The first kappa shape index (κ1) is 18.0. The van der Waals surface area contributed by atoms with E-state index in [4.69, 9.17) is 4.74 Å². The predicted molar refractivity (Wildman–Crippen MR) is 92.6 cm³/mol. The van der Waals surface area contributed by atoms with Gasteiger partial charge in [0.05, 0.1) is 13.0 Å². The Labute approximate surface area is 140 Å². The van der Waals surface area contributed by atoms with E-state index in [0.29, 0.717) is 0 Å². The van der Waals surface area contributed by atoms with Crippen molar-refractivity contribution in [2.75, 3.05) is 53.4 Å². The minimum Gasteiger partial charge on any atom is -0.469 e. The van der Waals surface area contributed by atoms with Gasteiger partial charge in [0.1, 0.15) is 0 Å². The van der Waals surface area contributed by atoms with E-state index >= 15 is 0 Å². The van der Waals surface area contributed by atoms with Crippen LogP contribution in [0.25, 0.3) is 0 Å². The molecule has 0 radical (unpaired) electrons. The molecule has 0 amide bonds. The number of guanidine groups is 1. The van der Waals surface area contributed by atoms with Gasteiger partial charge in [-0.2, -0.15) is 0 Å². The van der Waals surface area contributed by atoms with Gasteiger partial charge in [-0.1, -0.05) is 12.8 Å². The number of aliphatic imine (C=N–C) groups is 1. The molecule has 0 aromatic heterocycles. The summed E-state index contributed by atoms with van der Waals surface area (Å²) in [6.07, 6.45) is 7.10. The van der Waals surface area contributed by atoms with E-state index in [1.165, 1.54) is 45.9 Å². The van der Waals surface area contributed by atoms with Crippen molar-refractivity contribution in [3.05, 3.63) is 0 Å². The molecule has 2 rings (SSSR count). The lowest BCUT2D eigenvalue weighted by Gasteiger charge is -2.33. The normalized spacial score (nSPS) is 21.8. The second-order valence-electron chi connectivity index (χ2n) is 6.51. The van der Waals surface area contributed by atoms with Crippen LogP contribution in [0.2, 0.25) is 0 Å². The summed E-state index contributed by atoms with van der Waals surface area (Å²) in [5, 5.41) is 3.48. The van der Waals surface area contributed by atoms with Crippen molar-refractivity contribution in [2.24, 2.45) is 10.9 Å². The number of hydrogen-bond acceptors (Lipinski definition) is 4. The number of piperidine rings is 1. The lowest BCUT2D eigenvalue weighted by atomic mass is 9.97. The van der Waals surface area contributed by atoms with Crippen LogP contribution in [0.1, 0.15) is 38.5 Å². The Morgan fingerprint density at radius 2 is 1.78 bits per heavy atom. The number of rotatable bonds is 4. The van der Waals surface area contributed by atoms with Crippen molar-refractivity contribution < 1.29 is 9.53 Å². The van der Waals surface area contributed by atoms with Crippen LogP contribution >= 0.6 is 0 Å². The van der Waals surface area contributed by atoms with E-state index in [1.54, 1.807) is 0 Å². The molecule has 1 N–H and O–H groups in total. The van der Waals surface area contributed by atoms with Gasteiger partial charge in [0.15, 0.2) is 5.96 Å². The molecule has 0 atom stereocenters. The van der Waals surface area contributed by atoms with Crippen molar-refractivity contribution in [1.29, 1.82) is 0 Å². The Balaban J connectivity index is 1.70. The number of hydrogen-bond donors (Lipinski definition) is 1. The highest BCUT2D eigenvalue weighted by Gasteiger charge is 2.26. The molecule has 6 heteroatoms. The second-order valence-corrected chi connectivity index (χ2v) is 6.51. The highest BCUT2D eigenvalue weighted by atomic mass is 16.5. The predicted octanol–water partition coefficient (Wildman–Crippen LogP) is 1.32. The third-order valence-corrected chi connectivity index (χ3v) is 4.95. The molecule has 23 heavy (non-hydrogen) atoms. The van der Waals surface area contributed by atoms with Crippen LogP contribution in [0.4, 0.5) is 0 Å². The van der Waals surface area contributed by atoms with Gasteiger partial charge >= 0.3 is 5.97 Å². The molecule has 2 fully saturated rings. The van der Waals surface area contributed by atoms with Crippen LogP contribution in [-0.2, 0) is 9.53 Å². The molecule has 0 bridgehead atoms. The first-order valence-electron chi connectivity index (χ1n) is 9.00. The Morgan fingerprint density at radius 1 is 1.13 bits per heavy atom. The summed E-state index contributed by atoms with van der Waals surface area (Å²) in [5.41, 5.74) is 0. The van der Waals surface area contributed by atoms with Crippen molar-refractivity contribution in [3.63, 3.8) is 0 Å². The summed E-state index contributed by atoms with van der Waals surface area (Å²) in [5.74, 6) is 0.934. The quantitative estimate of drug-likeness (QED) is 0.480. The zero-order valence-electron chi connectivity index (χ0n) is 14.7. The largest absolute Gasteiger partial charge is 0.469 e. The fraction of sp³-hybridized carbons (Fsp3) is 0.882. The Bertz CT molecular complexity index is 384. The molecule has 6 nitrogen and oxygen atoms in total. The van der Waals surface area contributed by atoms with E-state index in [9.17, 15) is 4.79 Å². The molecule has 0 unspecified atom stereocenters. The van der Waals surface area contributed by atoms with Gasteiger partial charge in [-0.25, -0.2) is 0 Å². The molecule has 132 valence electrons. The second kappa shape index (κ2) is 9.75. The van der Waals surface area contributed by atoms with E-state index in [0.717, 1.165) is 45.0 Å². The monoisotopic (exact) mass is 324 g/mol. The summed E-state index contributed by atoms with van der Waals surface area (Å²) >= 11 is 0. The number of carbonyl (C=O) groups is 1. The minimum absolute atomic E-state index is 0.0476. The molecule has 0 aliphatic carbocycles. The lowest BCUT2D eigenvalue weighted by Crippen LogP contribution is -2.48. The number of methoxy groups -OCH3 is 1. The maximum absolute atomic E-state index is 11.6. The van der Waals surface area contributed by atoms with Crippen molar-refractivity contribution in [2.45, 2.75) is 38.5 Å². The molecule has 2 aliphatic rings. The van der Waals surface area contributed by atoms with E-state index in [1.807, 2.05) is 7.05 Å². The van der Waals surface area contributed by atoms with Crippen LogP contribution < -0.4 is 5.32 Å². The van der Waals surface area contributed by atoms with Gasteiger partial charge in [-0.05, 0) is 38.8 Å². The maximum atomic E-state index is 11.6. The number of ether oxygens (including phenoxy) is 1. The molecule has 2 saturated heterocycles. The van der Waals surface area contributed by atoms with E-state index < -0.39 is 0 Å². The number of carbonyl (C=O) groups excluding carboxylic acids is 1. The highest BCUT2D eigenvalue weighted by molar-refractivity contribution is 5.80. The zero-order valence-corrected chi connectivity index (χ0v) is 14.7. The van der Waals surface area contributed by atoms with E-state index in [-0.39, 0.29) is 11.9 Å². The molecule has 2 heterocycles. The fourth-order valence-electron chi connectivity index (χ4n) is 3.51. The van der Waals surface area contributed by atoms with Gasteiger partial charge < -0.3 is 19.9 Å². The molecular weight excluding hydrogens is 292 g/mol. The summed E-state index contributed by atoms with van der Waals surface area (Å²) in [6, 6.07) is 0. The number of nitrogens with one attached hydrogen (secondary N) is 1. The first-order valence-corrected chi connectivity index (χ1v) is 9.00. The van der Waals surface area contributed by atoms with Gasteiger partial charge in [-0.15, -0.1) is 0 Å². The average molecular weight is 324 g/mol. The van der Waals surface area contributed by atoms with Gasteiger partial charge in [0, 0.05) is 33.2 Å². The van der Waals surface area contributed by atoms with Gasteiger partial charge in [0.2, 0.25) is 0 Å². The van der Waals surface area contributed by atoms with Crippen LogP contribution in [0, 0.1) is 5.92 Å². The SMILES string of the molecule is CN=C(NCCN1CCCCCC1)N1CCC(C(=O)OC)CC1. The van der Waals surface area contributed by atoms with Gasteiger partial charge in [-0.3, -0.25) is 9.79 Å². The summed E-state index contributed by atoms with van der Waals surface area (Å²) in [4.78, 5) is 20.8. The third-order valence-electron chi connectivity index (χ3n) is 4.95. The average Bonchev–Trinajstić information content (AvgIpc) is 2.87. The summed E-state index contributed by atoms with van der Waals surface area (Å²) in [7, 11) is 3.30. The summed E-state index contributed by atoms with van der Waals surface area (Å²) in [6.45, 7) is 6.20. The molecule has 0 saturated carbocycles. The molecule has 2 aliphatic heterocycles. The molecule has 0 aromatic carbocycles. The fourth-order valence-corrected chi connectivity index (χ4v) is 3.51. The number of nitrogens with zero attached hydrogens (tertiary/aromatic N) is 3. The Hall–Kier alpha value is -1.30. The standard InChI is InChI=1S/C17H32N4O2/c1-18-17(19-9-14-20-10-5-3-4-6-11-20)21-12-7-15(8-13-21)16(22)23-2/h15H,3-14H2,1-2H3,(H,18,19). The molecule has 0 aromatic rings. The minimum atomic E-state index is -0.0752. The van der Waals surface area contributed by atoms with Crippen LogP contribution in [0.3, 0.4) is 0 Å². The molecular formula is C17H32N4O2. The summed E-state index contributed by atoms with van der Waals surface area (Å²) < 4.78 is 4.85. The van der Waals surface area contributed by atoms with Crippen LogP contribution in [0.5, 0.6) is 0 Å². The maximum Gasteiger partial charge on any atom is 0.308 e. The van der Waals surface area contributed by atoms with Crippen molar-refractivity contribution in [1.82, 2.24) is 15.1 Å². The lowest BCUT2D eigenvalue weighted by molar-refractivity contribution is -0.146. The highest BCUT2D eigenvalue weighted by Crippen LogP contribution is 2.18. The zero-order chi connectivity index (χ0) is 16.5. The number of likely N-dealkylation sites (tertiary alicyclic amines) is 2. The topological polar surface area (TPSA) is 57.2 Å².